The molecule has 0 spiro atoms. The van der Waals surface area contributed by atoms with Crippen LogP contribution in [-0.4, -0.2) is 17.1 Å². The quantitative estimate of drug-likeness (QED) is 0.735. The predicted octanol–water partition coefficient (Wildman–Crippen LogP) is 4.10. The summed E-state index contributed by atoms with van der Waals surface area (Å²) < 4.78 is 6.40. The van der Waals surface area contributed by atoms with Gasteiger partial charge in [-0.15, -0.1) is 0 Å². The van der Waals surface area contributed by atoms with E-state index in [1.807, 2.05) is 25.3 Å². The molecular formula is C14H13BrN2O. The summed E-state index contributed by atoms with van der Waals surface area (Å²) in [6, 6.07) is 4.02. The molecule has 92 valence electrons. The molecule has 3 aromatic rings. The van der Waals surface area contributed by atoms with Gasteiger partial charge in [0.15, 0.2) is 0 Å². The minimum Gasteiger partial charge on any atom is -0.497 e. The van der Waals surface area contributed by atoms with Crippen LogP contribution in [0.1, 0.15) is 11.1 Å². The summed E-state index contributed by atoms with van der Waals surface area (Å²) in [6.07, 6.45) is 1.98. The lowest BCUT2D eigenvalue weighted by atomic mass is 10.1. The van der Waals surface area contributed by atoms with E-state index in [4.69, 9.17) is 9.72 Å². The lowest BCUT2D eigenvalue weighted by Crippen LogP contribution is -1.90. The van der Waals surface area contributed by atoms with Crippen LogP contribution in [0, 0.1) is 13.8 Å². The van der Waals surface area contributed by atoms with Crippen molar-refractivity contribution in [3.8, 4) is 5.75 Å². The van der Waals surface area contributed by atoms with E-state index in [9.17, 15) is 0 Å². The number of nitrogens with one attached hydrogen (secondary N) is 1. The standard InChI is InChI=1S/C14H13BrN2O/c1-7-4-9(18-3)5-10-12(15)11-8(2)6-16-14(11)17-13(7)10/h4-6H,1-3H3,(H,16,17). The molecule has 0 saturated heterocycles. The van der Waals surface area contributed by atoms with E-state index in [2.05, 4.69) is 27.8 Å². The van der Waals surface area contributed by atoms with Gasteiger partial charge in [0.25, 0.3) is 0 Å². The van der Waals surface area contributed by atoms with Gasteiger partial charge in [-0.3, -0.25) is 0 Å². The Morgan fingerprint density at radius 2 is 2.00 bits per heavy atom. The number of rotatable bonds is 1. The van der Waals surface area contributed by atoms with Crippen LogP contribution in [0.2, 0.25) is 0 Å². The summed E-state index contributed by atoms with van der Waals surface area (Å²) in [7, 11) is 1.68. The van der Waals surface area contributed by atoms with Crippen molar-refractivity contribution in [1.29, 1.82) is 0 Å². The zero-order valence-corrected chi connectivity index (χ0v) is 12.1. The maximum atomic E-state index is 5.33. The van der Waals surface area contributed by atoms with Gasteiger partial charge in [-0.25, -0.2) is 4.98 Å². The summed E-state index contributed by atoms with van der Waals surface area (Å²) in [5, 5.41) is 2.22. The zero-order chi connectivity index (χ0) is 12.9. The largest absolute Gasteiger partial charge is 0.497 e. The molecule has 0 saturated carbocycles. The van der Waals surface area contributed by atoms with Crippen LogP contribution < -0.4 is 4.74 Å². The lowest BCUT2D eigenvalue weighted by Gasteiger charge is -2.08. The lowest BCUT2D eigenvalue weighted by molar-refractivity contribution is 0.415. The molecule has 2 heterocycles. The van der Waals surface area contributed by atoms with Gasteiger partial charge in [0.1, 0.15) is 11.4 Å². The second-order valence-corrected chi connectivity index (χ2v) is 5.25. The molecule has 4 heteroatoms. The first-order valence-electron chi connectivity index (χ1n) is 5.73. The van der Waals surface area contributed by atoms with Crippen molar-refractivity contribution in [1.82, 2.24) is 9.97 Å². The third kappa shape index (κ3) is 1.52. The molecule has 0 fully saturated rings. The van der Waals surface area contributed by atoms with Gasteiger partial charge in [-0.2, -0.15) is 0 Å². The third-order valence-corrected chi connectivity index (χ3v) is 4.07. The molecule has 0 aliphatic carbocycles. The number of benzene rings is 1. The molecule has 3 rings (SSSR count). The molecule has 3 nitrogen and oxygen atoms in total. The number of aromatic amines is 1. The summed E-state index contributed by atoms with van der Waals surface area (Å²) in [5.41, 5.74) is 4.21. The van der Waals surface area contributed by atoms with Crippen LogP contribution in [0.4, 0.5) is 0 Å². The van der Waals surface area contributed by atoms with Crippen LogP contribution in [0.3, 0.4) is 0 Å². The Bertz CT molecular complexity index is 761. The highest BCUT2D eigenvalue weighted by molar-refractivity contribution is 9.10. The molecule has 0 atom stereocenters. The fraction of sp³-hybridized carbons (Fsp3) is 0.214. The Labute approximate surface area is 113 Å². The number of H-pyrrole nitrogens is 1. The minimum atomic E-state index is 0.857. The van der Waals surface area contributed by atoms with Gasteiger partial charge in [0, 0.05) is 21.4 Å². The van der Waals surface area contributed by atoms with Gasteiger partial charge in [0.05, 0.1) is 12.6 Å². The van der Waals surface area contributed by atoms with Crippen LogP contribution >= 0.6 is 15.9 Å². The first kappa shape index (κ1) is 11.5. The van der Waals surface area contributed by atoms with Crippen molar-refractivity contribution in [3.05, 3.63) is 33.9 Å². The fourth-order valence-electron chi connectivity index (χ4n) is 2.30. The van der Waals surface area contributed by atoms with Crippen LogP contribution in [0.15, 0.2) is 22.8 Å². The van der Waals surface area contributed by atoms with E-state index in [0.717, 1.165) is 37.7 Å². The number of nitrogens with zero attached hydrogens (tertiary/aromatic N) is 1. The van der Waals surface area contributed by atoms with E-state index < -0.39 is 0 Å². The second kappa shape index (κ2) is 3.99. The van der Waals surface area contributed by atoms with Crippen molar-refractivity contribution >= 4 is 37.9 Å². The molecule has 1 N–H and O–H groups in total. The molecule has 2 aromatic heterocycles. The molecule has 18 heavy (non-hydrogen) atoms. The number of hydrogen-bond donors (Lipinski definition) is 1. The van der Waals surface area contributed by atoms with Crippen LogP contribution in [0.25, 0.3) is 21.9 Å². The first-order chi connectivity index (χ1) is 8.61. The number of pyridine rings is 1. The average Bonchev–Trinajstić information content (AvgIpc) is 2.72. The van der Waals surface area contributed by atoms with Crippen molar-refractivity contribution in [2.45, 2.75) is 13.8 Å². The Morgan fingerprint density at radius 1 is 1.22 bits per heavy atom. The van der Waals surface area contributed by atoms with Gasteiger partial charge in [0.2, 0.25) is 0 Å². The number of fused-ring (bicyclic) bond motifs is 2. The summed E-state index contributed by atoms with van der Waals surface area (Å²) in [6.45, 7) is 4.12. The Kier molecular flexibility index (Phi) is 2.55. The van der Waals surface area contributed by atoms with Crippen molar-refractivity contribution in [2.75, 3.05) is 7.11 Å². The van der Waals surface area contributed by atoms with E-state index in [1.165, 1.54) is 5.56 Å². The number of ether oxygens (including phenoxy) is 1. The van der Waals surface area contributed by atoms with E-state index in [1.54, 1.807) is 7.11 Å². The number of halogens is 1. The molecule has 0 unspecified atom stereocenters. The van der Waals surface area contributed by atoms with Gasteiger partial charge in [-0.1, -0.05) is 0 Å². The van der Waals surface area contributed by atoms with Gasteiger partial charge in [-0.05, 0) is 53.0 Å². The van der Waals surface area contributed by atoms with E-state index in [-0.39, 0.29) is 0 Å². The van der Waals surface area contributed by atoms with Crippen LogP contribution in [0.5, 0.6) is 5.75 Å². The summed E-state index contributed by atoms with van der Waals surface area (Å²) in [5.74, 6) is 0.857. The van der Waals surface area contributed by atoms with Crippen molar-refractivity contribution < 1.29 is 4.74 Å². The number of aryl methyl sites for hydroxylation is 2. The number of methoxy groups -OCH3 is 1. The number of hydrogen-bond acceptors (Lipinski definition) is 2. The Balaban J connectivity index is 2.53. The average molecular weight is 305 g/mol. The summed E-state index contributed by atoms with van der Waals surface area (Å²) in [4.78, 5) is 7.90. The molecule has 0 radical (unpaired) electrons. The Hall–Kier alpha value is -1.55. The minimum absolute atomic E-state index is 0.857. The molecule has 0 aliphatic heterocycles. The van der Waals surface area contributed by atoms with Crippen LogP contribution in [-0.2, 0) is 0 Å². The third-order valence-electron chi connectivity index (χ3n) is 3.25. The van der Waals surface area contributed by atoms with E-state index >= 15 is 0 Å². The zero-order valence-electron chi connectivity index (χ0n) is 10.5. The number of aromatic nitrogens is 2. The van der Waals surface area contributed by atoms with Crippen molar-refractivity contribution in [3.63, 3.8) is 0 Å². The molecule has 0 bridgehead atoms. The maximum absolute atomic E-state index is 5.33. The monoisotopic (exact) mass is 304 g/mol. The normalized spacial score (nSPS) is 11.3. The summed E-state index contributed by atoms with van der Waals surface area (Å²) >= 11 is 3.69. The van der Waals surface area contributed by atoms with Gasteiger partial charge < -0.3 is 9.72 Å². The SMILES string of the molecule is COc1cc(C)c2nc3[nH]cc(C)c3c(Br)c2c1. The fourth-order valence-corrected chi connectivity index (χ4v) is 3.10. The predicted molar refractivity (Wildman–Crippen MR) is 77.3 cm³/mol. The Morgan fingerprint density at radius 3 is 2.72 bits per heavy atom. The highest BCUT2D eigenvalue weighted by Crippen LogP contribution is 2.35. The van der Waals surface area contributed by atoms with E-state index in [0.29, 0.717) is 0 Å². The maximum Gasteiger partial charge on any atom is 0.139 e. The molecular weight excluding hydrogens is 292 g/mol. The second-order valence-electron chi connectivity index (χ2n) is 4.46. The molecule has 0 amide bonds. The van der Waals surface area contributed by atoms with Gasteiger partial charge >= 0.3 is 0 Å². The first-order valence-corrected chi connectivity index (χ1v) is 6.52. The highest BCUT2D eigenvalue weighted by atomic mass is 79.9. The molecule has 1 aromatic carbocycles. The topological polar surface area (TPSA) is 37.9 Å². The van der Waals surface area contributed by atoms with Crippen molar-refractivity contribution in [2.24, 2.45) is 0 Å². The highest BCUT2D eigenvalue weighted by Gasteiger charge is 2.13. The molecule has 0 aliphatic rings. The smallest absolute Gasteiger partial charge is 0.139 e.